The Morgan fingerprint density at radius 3 is 2.35 bits per heavy atom. The summed E-state index contributed by atoms with van der Waals surface area (Å²) in [5.41, 5.74) is -0.280. The zero-order valence-corrected chi connectivity index (χ0v) is 19.5. The molecule has 1 saturated carbocycles. The highest BCUT2D eigenvalue weighted by atomic mass is 127. The predicted octanol–water partition coefficient (Wildman–Crippen LogP) is 1.39. The largest absolute Gasteiger partial charge is 0.385 e. The number of hydrogen-bond donors (Lipinski definition) is 2. The predicted molar refractivity (Wildman–Crippen MR) is 118 cm³/mol. The second-order valence-electron chi connectivity index (χ2n) is 7.19. The van der Waals surface area contributed by atoms with Gasteiger partial charge in [-0.2, -0.15) is 0 Å². The maximum Gasteiger partial charge on any atom is 0.230 e. The Bertz CT molecular complexity index is 426. The molecule has 0 radical (unpaired) electrons. The first-order valence-corrected chi connectivity index (χ1v) is 9.29. The van der Waals surface area contributed by atoms with Gasteiger partial charge in [0, 0.05) is 61.0 Å². The second kappa shape index (κ2) is 13.5. The molecule has 26 heavy (non-hydrogen) atoms. The summed E-state index contributed by atoms with van der Waals surface area (Å²) in [7, 11) is 9.29. The molecule has 1 amide bonds. The lowest BCUT2D eigenvalue weighted by molar-refractivity contribution is -0.138. The van der Waals surface area contributed by atoms with Gasteiger partial charge in [-0.3, -0.25) is 9.79 Å². The molecule has 0 aromatic heterocycles. The van der Waals surface area contributed by atoms with Gasteiger partial charge in [-0.15, -0.1) is 24.0 Å². The van der Waals surface area contributed by atoms with Crippen LogP contribution in [0.4, 0.5) is 0 Å². The first-order chi connectivity index (χ1) is 11.9. The van der Waals surface area contributed by atoms with E-state index in [9.17, 15) is 4.79 Å². The molecule has 0 spiro atoms. The van der Waals surface area contributed by atoms with Crippen LogP contribution < -0.4 is 10.6 Å². The summed E-state index contributed by atoms with van der Waals surface area (Å²) < 4.78 is 5.08. The molecular weight excluding hydrogens is 445 g/mol. The van der Waals surface area contributed by atoms with Crippen molar-refractivity contribution in [3.63, 3.8) is 0 Å². The fourth-order valence-electron chi connectivity index (χ4n) is 3.42. The Morgan fingerprint density at radius 1 is 1.15 bits per heavy atom. The topological polar surface area (TPSA) is 69.2 Å². The van der Waals surface area contributed by atoms with Crippen molar-refractivity contribution in [2.45, 2.75) is 32.1 Å². The summed E-state index contributed by atoms with van der Waals surface area (Å²) in [6.45, 7) is 4.21. The third-order valence-corrected chi connectivity index (χ3v) is 4.91. The van der Waals surface area contributed by atoms with Crippen molar-refractivity contribution in [2.24, 2.45) is 10.4 Å². The van der Waals surface area contributed by atoms with E-state index in [0.29, 0.717) is 6.54 Å². The van der Waals surface area contributed by atoms with E-state index in [1.165, 1.54) is 0 Å². The van der Waals surface area contributed by atoms with E-state index in [0.717, 1.165) is 64.3 Å². The minimum atomic E-state index is -0.280. The molecule has 1 rings (SSSR count). The number of nitrogens with zero attached hydrogens (tertiary/aromatic N) is 3. The Balaban J connectivity index is 0.00000625. The van der Waals surface area contributed by atoms with Crippen molar-refractivity contribution in [1.29, 1.82) is 0 Å². The quantitative estimate of drug-likeness (QED) is 0.213. The Morgan fingerprint density at radius 2 is 1.81 bits per heavy atom. The van der Waals surface area contributed by atoms with Gasteiger partial charge in [0.2, 0.25) is 5.91 Å². The van der Waals surface area contributed by atoms with Gasteiger partial charge in [0.1, 0.15) is 0 Å². The number of halogens is 1. The van der Waals surface area contributed by atoms with Crippen molar-refractivity contribution in [1.82, 2.24) is 20.4 Å². The van der Waals surface area contributed by atoms with Gasteiger partial charge in [0.15, 0.2) is 5.96 Å². The van der Waals surface area contributed by atoms with E-state index in [4.69, 9.17) is 4.74 Å². The standard InChI is InChI=1S/C18H37N5O2.HI/c1-19-17(20-11-13-23(4)12-8-14-25-5)21-15-18(9-6-7-10-18)16(24)22(2)3;/h6-15H2,1-5H3,(H2,19,20,21);1H. The second-order valence-corrected chi connectivity index (χ2v) is 7.19. The van der Waals surface area contributed by atoms with Gasteiger partial charge >= 0.3 is 0 Å². The van der Waals surface area contributed by atoms with Crippen molar-refractivity contribution >= 4 is 35.8 Å². The lowest BCUT2D eigenvalue weighted by Crippen LogP contribution is -2.49. The Kier molecular flexibility index (Phi) is 13.2. The fourth-order valence-corrected chi connectivity index (χ4v) is 3.42. The van der Waals surface area contributed by atoms with Crippen LogP contribution in [0.3, 0.4) is 0 Å². The minimum absolute atomic E-state index is 0. The Hall–Kier alpha value is -0.610. The third kappa shape index (κ3) is 8.39. The van der Waals surface area contributed by atoms with E-state index in [1.54, 1.807) is 19.1 Å². The van der Waals surface area contributed by atoms with Gasteiger partial charge < -0.3 is 25.2 Å². The number of methoxy groups -OCH3 is 1. The number of guanidine groups is 1. The van der Waals surface area contributed by atoms with Crippen LogP contribution in [0.15, 0.2) is 4.99 Å². The van der Waals surface area contributed by atoms with E-state index >= 15 is 0 Å². The first-order valence-electron chi connectivity index (χ1n) is 9.29. The highest BCUT2D eigenvalue weighted by Gasteiger charge is 2.42. The van der Waals surface area contributed by atoms with Crippen molar-refractivity contribution in [3.05, 3.63) is 0 Å². The molecule has 7 nitrogen and oxygen atoms in total. The molecule has 0 saturated heterocycles. The highest BCUT2D eigenvalue weighted by Crippen LogP contribution is 2.38. The molecule has 2 N–H and O–H groups in total. The molecule has 1 fully saturated rings. The number of nitrogens with one attached hydrogen (secondary N) is 2. The number of likely N-dealkylation sites (N-methyl/N-ethyl adjacent to an activating group) is 1. The summed E-state index contributed by atoms with van der Waals surface area (Å²) in [4.78, 5) is 20.9. The monoisotopic (exact) mass is 483 g/mol. The van der Waals surface area contributed by atoms with Crippen molar-refractivity contribution in [3.8, 4) is 0 Å². The molecule has 0 atom stereocenters. The highest BCUT2D eigenvalue weighted by molar-refractivity contribution is 14.0. The summed E-state index contributed by atoms with van der Waals surface area (Å²) in [5.74, 6) is 0.994. The molecule has 0 heterocycles. The average molecular weight is 483 g/mol. The summed E-state index contributed by atoms with van der Waals surface area (Å²) in [6.07, 6.45) is 5.20. The van der Waals surface area contributed by atoms with Gasteiger partial charge in [-0.25, -0.2) is 0 Å². The average Bonchev–Trinajstić information content (AvgIpc) is 3.07. The molecular formula is C18H38IN5O2. The molecule has 0 aromatic carbocycles. The maximum absolute atomic E-state index is 12.6. The van der Waals surface area contributed by atoms with Crippen LogP contribution in [0.1, 0.15) is 32.1 Å². The molecule has 1 aliphatic carbocycles. The molecule has 1 aliphatic rings. The maximum atomic E-state index is 12.6. The lowest BCUT2D eigenvalue weighted by atomic mass is 9.84. The normalized spacial score (nSPS) is 16.3. The van der Waals surface area contributed by atoms with Crippen LogP contribution in [0, 0.1) is 5.41 Å². The van der Waals surface area contributed by atoms with Gasteiger partial charge in [0.05, 0.1) is 5.41 Å². The molecule has 8 heteroatoms. The van der Waals surface area contributed by atoms with Crippen LogP contribution in [0.5, 0.6) is 0 Å². The van der Waals surface area contributed by atoms with Crippen molar-refractivity contribution < 1.29 is 9.53 Å². The summed E-state index contributed by atoms with van der Waals surface area (Å²) in [5, 5.41) is 6.71. The zero-order valence-electron chi connectivity index (χ0n) is 17.1. The van der Waals surface area contributed by atoms with Gasteiger partial charge in [0.25, 0.3) is 0 Å². The third-order valence-electron chi connectivity index (χ3n) is 4.91. The molecule has 0 bridgehead atoms. The summed E-state index contributed by atoms with van der Waals surface area (Å²) in [6, 6.07) is 0. The smallest absolute Gasteiger partial charge is 0.230 e. The SMILES string of the molecule is CN=C(NCCN(C)CCCOC)NCC1(C(=O)N(C)C)CCCC1.I. The number of rotatable bonds is 10. The van der Waals surface area contributed by atoms with Crippen LogP contribution in [-0.2, 0) is 9.53 Å². The number of aliphatic imine (C=N–C) groups is 1. The number of ether oxygens (including phenoxy) is 1. The Labute approximate surface area is 176 Å². The number of hydrogen-bond acceptors (Lipinski definition) is 4. The number of carbonyl (C=O) groups excluding carboxylic acids is 1. The van der Waals surface area contributed by atoms with Crippen molar-refractivity contribution in [2.75, 3.05) is 68.1 Å². The van der Waals surface area contributed by atoms with E-state index in [-0.39, 0.29) is 35.3 Å². The van der Waals surface area contributed by atoms with Crippen LogP contribution in [-0.4, -0.2) is 89.8 Å². The van der Waals surface area contributed by atoms with Crippen LogP contribution in [0.2, 0.25) is 0 Å². The number of carbonyl (C=O) groups is 1. The van der Waals surface area contributed by atoms with E-state index in [1.807, 2.05) is 14.1 Å². The van der Waals surface area contributed by atoms with E-state index in [2.05, 4.69) is 27.6 Å². The molecule has 0 aliphatic heterocycles. The van der Waals surface area contributed by atoms with Crippen LogP contribution in [0.25, 0.3) is 0 Å². The first kappa shape index (κ1) is 25.4. The zero-order chi connectivity index (χ0) is 18.7. The van der Waals surface area contributed by atoms with Gasteiger partial charge in [-0.05, 0) is 26.3 Å². The molecule has 0 unspecified atom stereocenters. The van der Waals surface area contributed by atoms with E-state index < -0.39 is 0 Å². The lowest BCUT2D eigenvalue weighted by Gasteiger charge is -2.31. The fraction of sp³-hybridized carbons (Fsp3) is 0.889. The summed E-state index contributed by atoms with van der Waals surface area (Å²) >= 11 is 0. The molecule has 154 valence electrons. The van der Waals surface area contributed by atoms with Gasteiger partial charge in [-0.1, -0.05) is 12.8 Å². The number of amides is 1. The van der Waals surface area contributed by atoms with Crippen LogP contribution >= 0.6 is 24.0 Å². The molecule has 0 aromatic rings. The minimum Gasteiger partial charge on any atom is -0.385 e.